The number of H-pyrrole nitrogens is 1. The zero-order chi connectivity index (χ0) is 14.9. The van der Waals surface area contributed by atoms with Crippen LogP contribution in [0.4, 0.5) is 0 Å². The molecular formula is C13H10BrClN2O3. The van der Waals surface area contributed by atoms with Crippen molar-refractivity contribution in [3.8, 4) is 5.75 Å². The predicted octanol–water partition coefficient (Wildman–Crippen LogP) is 3.02. The normalized spacial score (nSPS) is 10.4. The Morgan fingerprint density at radius 1 is 1.40 bits per heavy atom. The van der Waals surface area contributed by atoms with Gasteiger partial charge in [-0.1, -0.05) is 27.5 Å². The zero-order valence-corrected chi connectivity index (χ0v) is 13.0. The molecule has 2 rings (SSSR count). The standard InChI is InChI=1S/C13H10BrClN2O3/c1-6-7(2)16-17-12(18)11(6)13(19)20-10-4-3-8(14)5-9(10)15/h3-5H,1-2H3,(H,17,18). The number of nitrogens with one attached hydrogen (secondary N) is 1. The Balaban J connectivity index is 2.38. The van der Waals surface area contributed by atoms with Crippen molar-refractivity contribution in [2.24, 2.45) is 0 Å². The number of aromatic nitrogens is 2. The smallest absolute Gasteiger partial charge is 0.349 e. The number of nitrogens with zero attached hydrogens (tertiary/aromatic N) is 1. The maximum absolute atomic E-state index is 12.1. The zero-order valence-electron chi connectivity index (χ0n) is 10.7. The average molecular weight is 358 g/mol. The van der Waals surface area contributed by atoms with Crippen molar-refractivity contribution in [2.75, 3.05) is 0 Å². The molecule has 0 atom stereocenters. The Morgan fingerprint density at radius 3 is 2.75 bits per heavy atom. The number of halogens is 2. The summed E-state index contributed by atoms with van der Waals surface area (Å²) >= 11 is 9.22. The number of rotatable bonds is 2. The summed E-state index contributed by atoms with van der Waals surface area (Å²) in [6.07, 6.45) is 0. The molecule has 0 bridgehead atoms. The fourth-order valence-electron chi connectivity index (χ4n) is 1.58. The quantitative estimate of drug-likeness (QED) is 0.662. The molecule has 0 unspecified atom stereocenters. The van der Waals surface area contributed by atoms with Gasteiger partial charge in [0, 0.05) is 4.47 Å². The third kappa shape index (κ3) is 2.91. The molecule has 0 aliphatic rings. The first kappa shape index (κ1) is 14.7. The Hall–Kier alpha value is -1.66. The highest BCUT2D eigenvalue weighted by molar-refractivity contribution is 9.10. The third-order valence-electron chi connectivity index (χ3n) is 2.77. The van der Waals surface area contributed by atoms with Gasteiger partial charge in [0.05, 0.1) is 10.7 Å². The van der Waals surface area contributed by atoms with Crippen molar-refractivity contribution < 1.29 is 9.53 Å². The molecule has 0 amide bonds. The molecule has 1 N–H and O–H groups in total. The number of ether oxygens (including phenoxy) is 1. The molecule has 1 aromatic carbocycles. The van der Waals surface area contributed by atoms with Crippen LogP contribution >= 0.6 is 27.5 Å². The van der Waals surface area contributed by atoms with Gasteiger partial charge in [0.25, 0.3) is 5.56 Å². The summed E-state index contributed by atoms with van der Waals surface area (Å²) in [5, 5.41) is 6.30. The maximum Gasteiger partial charge on any atom is 0.349 e. The van der Waals surface area contributed by atoms with E-state index in [9.17, 15) is 9.59 Å². The van der Waals surface area contributed by atoms with Gasteiger partial charge in [-0.3, -0.25) is 4.79 Å². The van der Waals surface area contributed by atoms with E-state index in [1.807, 2.05) is 0 Å². The number of benzene rings is 1. The molecule has 1 aromatic heterocycles. The van der Waals surface area contributed by atoms with Gasteiger partial charge >= 0.3 is 5.97 Å². The third-order valence-corrected chi connectivity index (χ3v) is 3.56. The van der Waals surface area contributed by atoms with Gasteiger partial charge in [-0.2, -0.15) is 5.10 Å². The van der Waals surface area contributed by atoms with Gasteiger partial charge in [0.15, 0.2) is 0 Å². The Labute approximate surface area is 128 Å². The lowest BCUT2D eigenvalue weighted by atomic mass is 10.1. The molecule has 20 heavy (non-hydrogen) atoms. The molecule has 0 aliphatic heterocycles. The Kier molecular flexibility index (Phi) is 4.25. The lowest BCUT2D eigenvalue weighted by Gasteiger charge is -2.08. The molecule has 0 fully saturated rings. The van der Waals surface area contributed by atoms with Gasteiger partial charge in [-0.05, 0) is 37.6 Å². The Morgan fingerprint density at radius 2 is 2.10 bits per heavy atom. The van der Waals surface area contributed by atoms with E-state index >= 15 is 0 Å². The minimum absolute atomic E-state index is 0.0727. The van der Waals surface area contributed by atoms with Crippen LogP contribution in [-0.4, -0.2) is 16.2 Å². The van der Waals surface area contributed by atoms with Crippen LogP contribution in [0.1, 0.15) is 21.6 Å². The summed E-state index contributed by atoms with van der Waals surface area (Å²) in [6, 6.07) is 4.82. The van der Waals surface area contributed by atoms with E-state index in [2.05, 4.69) is 26.1 Å². The Bertz CT molecular complexity index is 743. The highest BCUT2D eigenvalue weighted by Crippen LogP contribution is 2.28. The summed E-state index contributed by atoms with van der Waals surface area (Å²) in [5.41, 5.74) is 0.369. The van der Waals surface area contributed by atoms with E-state index in [0.29, 0.717) is 11.3 Å². The molecule has 0 spiro atoms. The van der Waals surface area contributed by atoms with Gasteiger partial charge in [0.2, 0.25) is 0 Å². The summed E-state index contributed by atoms with van der Waals surface area (Å²) in [7, 11) is 0. The van der Waals surface area contributed by atoms with Crippen LogP contribution in [0.25, 0.3) is 0 Å². The van der Waals surface area contributed by atoms with Crippen LogP contribution < -0.4 is 10.3 Å². The molecule has 1 heterocycles. The number of hydrogen-bond donors (Lipinski definition) is 1. The maximum atomic E-state index is 12.1. The minimum atomic E-state index is -0.765. The lowest BCUT2D eigenvalue weighted by Crippen LogP contribution is -2.25. The minimum Gasteiger partial charge on any atom is -0.421 e. The van der Waals surface area contributed by atoms with Gasteiger partial charge in [-0.25, -0.2) is 9.89 Å². The fourth-order valence-corrected chi connectivity index (χ4v) is 2.29. The van der Waals surface area contributed by atoms with Crippen molar-refractivity contribution in [3.05, 3.63) is 54.9 Å². The van der Waals surface area contributed by atoms with Crippen molar-refractivity contribution >= 4 is 33.5 Å². The van der Waals surface area contributed by atoms with E-state index < -0.39 is 11.5 Å². The largest absolute Gasteiger partial charge is 0.421 e. The average Bonchev–Trinajstić information content (AvgIpc) is 2.38. The highest BCUT2D eigenvalue weighted by atomic mass is 79.9. The van der Waals surface area contributed by atoms with E-state index in [1.54, 1.807) is 32.0 Å². The number of carbonyl (C=O) groups excluding carboxylic acids is 1. The summed E-state index contributed by atoms with van der Waals surface area (Å²) in [4.78, 5) is 23.8. The van der Waals surface area contributed by atoms with Gasteiger partial charge < -0.3 is 4.74 Å². The second-order valence-electron chi connectivity index (χ2n) is 4.10. The number of aromatic amines is 1. The monoisotopic (exact) mass is 356 g/mol. The first-order valence-corrected chi connectivity index (χ1v) is 6.80. The van der Waals surface area contributed by atoms with E-state index in [4.69, 9.17) is 16.3 Å². The van der Waals surface area contributed by atoms with Crippen molar-refractivity contribution in [1.29, 1.82) is 0 Å². The number of esters is 1. The SMILES string of the molecule is Cc1n[nH]c(=O)c(C(=O)Oc2ccc(Br)cc2Cl)c1C. The van der Waals surface area contributed by atoms with Crippen molar-refractivity contribution in [3.63, 3.8) is 0 Å². The van der Waals surface area contributed by atoms with Crippen LogP contribution in [0.15, 0.2) is 27.5 Å². The molecule has 7 heteroatoms. The molecule has 0 aliphatic carbocycles. The second kappa shape index (κ2) is 5.76. The van der Waals surface area contributed by atoms with Crippen LogP contribution in [-0.2, 0) is 0 Å². The lowest BCUT2D eigenvalue weighted by molar-refractivity contribution is 0.0731. The fraction of sp³-hybridized carbons (Fsp3) is 0.154. The van der Waals surface area contributed by atoms with Crippen LogP contribution in [0.2, 0.25) is 5.02 Å². The molecule has 2 aromatic rings. The predicted molar refractivity (Wildman–Crippen MR) is 78.4 cm³/mol. The first-order valence-electron chi connectivity index (χ1n) is 5.63. The van der Waals surface area contributed by atoms with Crippen LogP contribution in [0.3, 0.4) is 0 Å². The van der Waals surface area contributed by atoms with Gasteiger partial charge in [0.1, 0.15) is 11.3 Å². The molecule has 0 radical (unpaired) electrons. The topological polar surface area (TPSA) is 72.0 Å². The second-order valence-corrected chi connectivity index (χ2v) is 5.43. The highest BCUT2D eigenvalue weighted by Gasteiger charge is 2.19. The van der Waals surface area contributed by atoms with Crippen LogP contribution in [0.5, 0.6) is 5.75 Å². The molecular weight excluding hydrogens is 348 g/mol. The number of aryl methyl sites for hydroxylation is 1. The van der Waals surface area contributed by atoms with Gasteiger partial charge in [-0.15, -0.1) is 0 Å². The van der Waals surface area contributed by atoms with Crippen molar-refractivity contribution in [1.82, 2.24) is 10.2 Å². The van der Waals surface area contributed by atoms with E-state index in [1.165, 1.54) is 0 Å². The van der Waals surface area contributed by atoms with E-state index in [-0.39, 0.29) is 16.3 Å². The summed E-state index contributed by atoms with van der Waals surface area (Å²) in [6.45, 7) is 3.33. The van der Waals surface area contributed by atoms with E-state index in [0.717, 1.165) is 4.47 Å². The van der Waals surface area contributed by atoms with Crippen molar-refractivity contribution in [2.45, 2.75) is 13.8 Å². The first-order chi connectivity index (χ1) is 9.40. The summed E-state index contributed by atoms with van der Waals surface area (Å²) < 4.78 is 5.92. The number of carbonyl (C=O) groups is 1. The molecule has 104 valence electrons. The molecule has 0 saturated carbocycles. The van der Waals surface area contributed by atoms with Crippen LogP contribution in [0, 0.1) is 13.8 Å². The molecule has 0 saturated heterocycles. The summed E-state index contributed by atoms with van der Waals surface area (Å²) in [5.74, 6) is -0.577. The number of hydrogen-bond acceptors (Lipinski definition) is 4. The molecule has 5 nitrogen and oxygen atoms in total.